The van der Waals surface area contributed by atoms with Gasteiger partial charge < -0.3 is 10.4 Å². The van der Waals surface area contributed by atoms with Crippen LogP contribution in [-0.2, 0) is 9.59 Å². The first-order chi connectivity index (χ1) is 8.99. The van der Waals surface area contributed by atoms with Crippen LogP contribution in [0.15, 0.2) is 12.2 Å². The van der Waals surface area contributed by atoms with Crippen molar-refractivity contribution in [1.82, 2.24) is 4.98 Å². The summed E-state index contributed by atoms with van der Waals surface area (Å²) in [5.41, 5.74) is 0.888. The average Bonchev–Trinajstić information content (AvgIpc) is 2.68. The van der Waals surface area contributed by atoms with Gasteiger partial charge >= 0.3 is 5.97 Å². The fraction of sp³-hybridized carbons (Fsp3) is 0.462. The van der Waals surface area contributed by atoms with Crippen molar-refractivity contribution in [3.63, 3.8) is 0 Å². The molecule has 2 rings (SSSR count). The van der Waals surface area contributed by atoms with Crippen LogP contribution in [0.1, 0.15) is 23.4 Å². The molecule has 0 fully saturated rings. The zero-order valence-electron chi connectivity index (χ0n) is 10.8. The molecule has 102 valence electrons. The van der Waals surface area contributed by atoms with Crippen molar-refractivity contribution in [3.05, 3.63) is 22.7 Å². The molecule has 6 heteroatoms. The summed E-state index contributed by atoms with van der Waals surface area (Å²) < 4.78 is 0. The van der Waals surface area contributed by atoms with Gasteiger partial charge in [0.25, 0.3) is 0 Å². The highest BCUT2D eigenvalue weighted by molar-refractivity contribution is 7.15. The van der Waals surface area contributed by atoms with E-state index in [1.165, 1.54) is 11.3 Å². The third-order valence-corrected chi connectivity index (χ3v) is 4.33. The minimum Gasteiger partial charge on any atom is -0.481 e. The van der Waals surface area contributed by atoms with Gasteiger partial charge in [-0.2, -0.15) is 0 Å². The maximum absolute atomic E-state index is 12.2. The van der Waals surface area contributed by atoms with Crippen molar-refractivity contribution >= 4 is 28.3 Å². The van der Waals surface area contributed by atoms with Crippen molar-refractivity contribution in [2.45, 2.75) is 26.7 Å². The standard InChI is InChI=1S/C13H16N2O3S/c1-7-8(2)19-13(14-7)15-11(16)9-5-3-4-6-10(9)12(17)18/h3-4,9-10H,5-6H2,1-2H3,(H,17,18)(H,14,15,16)/t9-,10+/m1/s1. The molecule has 0 bridgehead atoms. The van der Waals surface area contributed by atoms with Gasteiger partial charge in [-0.15, -0.1) is 11.3 Å². The molecule has 19 heavy (non-hydrogen) atoms. The number of aryl methyl sites for hydroxylation is 2. The van der Waals surface area contributed by atoms with Crippen molar-refractivity contribution in [2.24, 2.45) is 11.8 Å². The number of hydrogen-bond acceptors (Lipinski definition) is 4. The molecule has 0 radical (unpaired) electrons. The molecular weight excluding hydrogens is 264 g/mol. The van der Waals surface area contributed by atoms with Crippen LogP contribution in [0.5, 0.6) is 0 Å². The second-order valence-corrected chi connectivity index (χ2v) is 5.85. The SMILES string of the molecule is Cc1nc(NC(=O)[C@@H]2CC=CC[C@@H]2C(=O)O)sc1C. The number of aliphatic carboxylic acids is 1. The van der Waals surface area contributed by atoms with E-state index in [2.05, 4.69) is 10.3 Å². The highest BCUT2D eigenvalue weighted by atomic mass is 32.1. The molecule has 1 aliphatic rings. The molecule has 0 saturated carbocycles. The summed E-state index contributed by atoms with van der Waals surface area (Å²) in [4.78, 5) is 28.6. The van der Waals surface area contributed by atoms with E-state index in [1.54, 1.807) is 0 Å². The second-order valence-electron chi connectivity index (χ2n) is 4.64. The van der Waals surface area contributed by atoms with Gasteiger partial charge in [0.15, 0.2) is 5.13 Å². The van der Waals surface area contributed by atoms with Gasteiger partial charge in [-0.3, -0.25) is 9.59 Å². The van der Waals surface area contributed by atoms with Crippen LogP contribution in [0.4, 0.5) is 5.13 Å². The Kier molecular flexibility index (Phi) is 3.99. The fourth-order valence-corrected chi connectivity index (χ4v) is 2.92. The van der Waals surface area contributed by atoms with Gasteiger partial charge in [0.2, 0.25) is 5.91 Å². The number of aromatic nitrogens is 1. The molecule has 0 aliphatic heterocycles. The molecule has 0 unspecified atom stereocenters. The van der Waals surface area contributed by atoms with Gasteiger partial charge in [0.1, 0.15) is 0 Å². The number of anilines is 1. The highest BCUT2D eigenvalue weighted by Crippen LogP contribution is 2.28. The molecule has 0 aromatic carbocycles. The number of amides is 1. The molecule has 0 saturated heterocycles. The number of allylic oxidation sites excluding steroid dienone is 2. The molecule has 2 atom stereocenters. The van der Waals surface area contributed by atoms with Crippen LogP contribution in [0.3, 0.4) is 0 Å². The van der Waals surface area contributed by atoms with E-state index in [4.69, 9.17) is 5.11 Å². The Morgan fingerprint density at radius 1 is 1.32 bits per heavy atom. The van der Waals surface area contributed by atoms with Crippen molar-refractivity contribution in [2.75, 3.05) is 5.32 Å². The van der Waals surface area contributed by atoms with E-state index in [9.17, 15) is 9.59 Å². The van der Waals surface area contributed by atoms with E-state index < -0.39 is 17.8 Å². The third-order valence-electron chi connectivity index (χ3n) is 3.35. The van der Waals surface area contributed by atoms with Crippen LogP contribution in [0.25, 0.3) is 0 Å². The fourth-order valence-electron chi connectivity index (χ4n) is 2.10. The molecule has 1 heterocycles. The predicted octanol–water partition coefficient (Wildman–Crippen LogP) is 2.37. The van der Waals surface area contributed by atoms with Crippen LogP contribution in [0, 0.1) is 25.7 Å². The maximum atomic E-state index is 12.2. The number of carboxylic acids is 1. The quantitative estimate of drug-likeness (QED) is 0.833. The molecular formula is C13H16N2O3S. The molecule has 1 aromatic rings. The van der Waals surface area contributed by atoms with E-state index in [0.717, 1.165) is 10.6 Å². The lowest BCUT2D eigenvalue weighted by Crippen LogP contribution is -2.34. The lowest BCUT2D eigenvalue weighted by Gasteiger charge is -2.23. The third kappa shape index (κ3) is 3.01. The summed E-state index contributed by atoms with van der Waals surface area (Å²) in [5, 5.41) is 12.4. The molecule has 1 amide bonds. The largest absolute Gasteiger partial charge is 0.481 e. The first-order valence-corrected chi connectivity index (χ1v) is 6.93. The normalized spacial score (nSPS) is 22.2. The first-order valence-electron chi connectivity index (χ1n) is 6.11. The van der Waals surface area contributed by atoms with E-state index in [0.29, 0.717) is 18.0 Å². The van der Waals surface area contributed by atoms with E-state index in [-0.39, 0.29) is 5.91 Å². The number of carbonyl (C=O) groups excluding carboxylic acids is 1. The first kappa shape index (κ1) is 13.7. The number of carbonyl (C=O) groups is 2. The Labute approximate surface area is 115 Å². The smallest absolute Gasteiger partial charge is 0.307 e. The van der Waals surface area contributed by atoms with Crippen LogP contribution in [-0.4, -0.2) is 22.0 Å². The maximum Gasteiger partial charge on any atom is 0.307 e. The van der Waals surface area contributed by atoms with Crippen molar-refractivity contribution in [1.29, 1.82) is 0 Å². The summed E-state index contributed by atoms with van der Waals surface area (Å²) in [6.45, 7) is 3.82. The lowest BCUT2D eigenvalue weighted by molar-refractivity contribution is -0.146. The molecule has 0 spiro atoms. The van der Waals surface area contributed by atoms with Crippen LogP contribution >= 0.6 is 11.3 Å². The van der Waals surface area contributed by atoms with Gasteiger partial charge in [0, 0.05) is 4.88 Å². The Hall–Kier alpha value is -1.69. The predicted molar refractivity (Wildman–Crippen MR) is 73.2 cm³/mol. The number of nitrogens with zero attached hydrogens (tertiary/aromatic N) is 1. The van der Waals surface area contributed by atoms with Crippen molar-refractivity contribution in [3.8, 4) is 0 Å². The number of rotatable bonds is 3. The number of carboxylic acid groups (broad SMARTS) is 1. The Balaban J connectivity index is 2.10. The summed E-state index contributed by atoms with van der Waals surface area (Å²) in [6, 6.07) is 0. The summed E-state index contributed by atoms with van der Waals surface area (Å²) in [6.07, 6.45) is 4.55. The molecule has 2 N–H and O–H groups in total. The Morgan fingerprint density at radius 3 is 2.47 bits per heavy atom. The molecule has 5 nitrogen and oxygen atoms in total. The number of thiazole rings is 1. The van der Waals surface area contributed by atoms with Crippen LogP contribution < -0.4 is 5.32 Å². The summed E-state index contributed by atoms with van der Waals surface area (Å²) in [5.74, 6) is -2.35. The number of hydrogen-bond donors (Lipinski definition) is 2. The van der Waals surface area contributed by atoms with Gasteiger partial charge in [0.05, 0.1) is 17.5 Å². The van der Waals surface area contributed by atoms with Gasteiger partial charge in [-0.1, -0.05) is 12.2 Å². The number of nitrogens with one attached hydrogen (secondary N) is 1. The topological polar surface area (TPSA) is 79.3 Å². The van der Waals surface area contributed by atoms with E-state index in [1.807, 2.05) is 26.0 Å². The van der Waals surface area contributed by atoms with Crippen molar-refractivity contribution < 1.29 is 14.7 Å². The minimum absolute atomic E-state index is 0.259. The molecule has 1 aliphatic carbocycles. The van der Waals surface area contributed by atoms with Gasteiger partial charge in [-0.05, 0) is 26.7 Å². The second kappa shape index (κ2) is 5.52. The Morgan fingerprint density at radius 2 is 1.95 bits per heavy atom. The summed E-state index contributed by atoms with van der Waals surface area (Å²) in [7, 11) is 0. The molecule has 1 aromatic heterocycles. The van der Waals surface area contributed by atoms with Gasteiger partial charge in [-0.25, -0.2) is 4.98 Å². The minimum atomic E-state index is -0.920. The van der Waals surface area contributed by atoms with Crippen LogP contribution in [0.2, 0.25) is 0 Å². The van der Waals surface area contributed by atoms with E-state index >= 15 is 0 Å². The zero-order valence-corrected chi connectivity index (χ0v) is 11.7. The average molecular weight is 280 g/mol. The summed E-state index contributed by atoms with van der Waals surface area (Å²) >= 11 is 1.41. The lowest BCUT2D eigenvalue weighted by atomic mass is 9.82. The highest BCUT2D eigenvalue weighted by Gasteiger charge is 2.34. The Bertz CT molecular complexity index is 516. The zero-order chi connectivity index (χ0) is 14.0. The monoisotopic (exact) mass is 280 g/mol.